The summed E-state index contributed by atoms with van der Waals surface area (Å²) in [5, 5.41) is 0. The SMILES string of the molecule is O=S(=O)([O-])C(F)(F)F.O=S(=O)([O-])C(F)(F)F.[Pt+2].c1ccc(-c2ccccn2)nc1.c1ccncc1.c1ccncc1. The third-order valence-corrected chi connectivity index (χ3v) is 4.43. The first-order valence-electron chi connectivity index (χ1n) is 10.0. The first-order chi connectivity index (χ1) is 18.5. The van der Waals surface area contributed by atoms with Crippen LogP contribution in [-0.4, -0.2) is 56.9 Å². The van der Waals surface area contributed by atoms with Crippen LogP contribution in [-0.2, 0) is 41.3 Å². The third-order valence-electron chi connectivity index (χ3n) is 3.29. The van der Waals surface area contributed by atoms with E-state index in [1.165, 1.54) is 0 Å². The smallest absolute Gasteiger partial charge is 0.741 e. The van der Waals surface area contributed by atoms with E-state index in [1.807, 2.05) is 72.8 Å². The molecule has 0 aliphatic carbocycles. The molecule has 0 amide bonds. The van der Waals surface area contributed by atoms with E-state index in [4.69, 9.17) is 25.9 Å². The van der Waals surface area contributed by atoms with Crippen molar-refractivity contribution < 1.29 is 73.3 Å². The van der Waals surface area contributed by atoms with E-state index < -0.39 is 31.3 Å². The molecule has 0 aliphatic rings. The average molecular weight is 808 g/mol. The molecule has 0 aromatic carbocycles. The molecule has 0 N–H and O–H groups in total. The molecule has 10 nitrogen and oxygen atoms in total. The number of halogens is 6. The Kier molecular flexibility index (Phi) is 19.1. The Morgan fingerprint density at radius 1 is 0.488 bits per heavy atom. The molecule has 4 rings (SSSR count). The van der Waals surface area contributed by atoms with Crippen molar-refractivity contribution in [1.82, 2.24) is 19.9 Å². The van der Waals surface area contributed by atoms with E-state index in [0.717, 1.165) is 11.4 Å². The van der Waals surface area contributed by atoms with Crippen molar-refractivity contribution >= 4 is 20.2 Å². The number of rotatable bonds is 1. The molecule has 0 unspecified atom stereocenters. The summed E-state index contributed by atoms with van der Waals surface area (Å²) in [7, 11) is -12.2. The van der Waals surface area contributed by atoms with E-state index in [2.05, 4.69) is 19.9 Å². The van der Waals surface area contributed by atoms with Gasteiger partial charge in [-0.15, -0.1) is 0 Å². The Labute approximate surface area is 245 Å². The molecule has 0 saturated carbocycles. The van der Waals surface area contributed by atoms with Gasteiger partial charge in [0.1, 0.15) is 0 Å². The van der Waals surface area contributed by atoms with Gasteiger partial charge in [-0.3, -0.25) is 19.9 Å². The van der Waals surface area contributed by atoms with Gasteiger partial charge in [-0.05, 0) is 48.5 Å². The fourth-order valence-electron chi connectivity index (χ4n) is 1.65. The van der Waals surface area contributed by atoms with Crippen molar-refractivity contribution in [3.63, 3.8) is 0 Å². The van der Waals surface area contributed by atoms with Gasteiger partial charge in [0.15, 0.2) is 20.2 Å². The molecule has 226 valence electrons. The third kappa shape index (κ3) is 20.3. The van der Waals surface area contributed by atoms with Gasteiger partial charge >= 0.3 is 32.1 Å². The molecule has 0 radical (unpaired) electrons. The maximum Gasteiger partial charge on any atom is 2.00 e. The quantitative estimate of drug-likeness (QED) is 0.153. The summed E-state index contributed by atoms with van der Waals surface area (Å²) in [5.41, 5.74) is -9.46. The van der Waals surface area contributed by atoms with Crippen LogP contribution in [0.15, 0.2) is 110 Å². The van der Waals surface area contributed by atoms with E-state index in [9.17, 15) is 26.3 Å². The van der Waals surface area contributed by atoms with Crippen LogP contribution in [0.3, 0.4) is 0 Å². The minimum Gasteiger partial charge on any atom is -0.741 e. The summed E-state index contributed by atoms with van der Waals surface area (Å²) in [6, 6.07) is 23.0. The van der Waals surface area contributed by atoms with Gasteiger partial charge in [-0.25, -0.2) is 16.8 Å². The normalized spacial score (nSPS) is 10.6. The molecule has 4 aromatic rings. The maximum atomic E-state index is 10.7. The van der Waals surface area contributed by atoms with Gasteiger partial charge in [0.25, 0.3) is 0 Å². The van der Waals surface area contributed by atoms with E-state index in [1.54, 1.807) is 37.2 Å². The summed E-state index contributed by atoms with van der Waals surface area (Å²) < 4.78 is 118. The topological polar surface area (TPSA) is 166 Å². The Morgan fingerprint density at radius 3 is 0.854 bits per heavy atom. The maximum absolute atomic E-state index is 10.7. The molecule has 41 heavy (non-hydrogen) atoms. The molecule has 0 bridgehead atoms. The van der Waals surface area contributed by atoms with Crippen molar-refractivity contribution in [2.24, 2.45) is 0 Å². The standard InChI is InChI=1S/C10H8N2.2C5H5N.2CHF3O3S.Pt/c1-3-7-11-9(5-1)10-6-2-4-8-12-10;2*1-2-4-6-5-3-1;2*2-1(3,4)8(5,6)7;/h1-8H;2*1-5H;2*(H,5,6,7);/q;;;;;+2/p-2. The first-order valence-corrected chi connectivity index (χ1v) is 12.8. The average Bonchev–Trinajstić information content (AvgIpc) is 2.91. The molecule has 4 aromatic heterocycles. The van der Waals surface area contributed by atoms with Crippen LogP contribution in [0.25, 0.3) is 11.4 Å². The summed E-state index contributed by atoms with van der Waals surface area (Å²) in [6.07, 6.45) is 10.5. The molecule has 4 heterocycles. The van der Waals surface area contributed by atoms with Gasteiger partial charge in [0.2, 0.25) is 0 Å². The molecule has 19 heteroatoms. The minimum atomic E-state index is -6.09. The molecule has 0 aliphatic heterocycles. The number of nitrogens with zero attached hydrogens (tertiary/aromatic N) is 4. The Bertz CT molecular complexity index is 1240. The van der Waals surface area contributed by atoms with Gasteiger partial charge in [-0.2, -0.15) is 26.3 Å². The number of pyridine rings is 4. The van der Waals surface area contributed by atoms with Gasteiger partial charge in [0, 0.05) is 37.2 Å². The van der Waals surface area contributed by atoms with Crippen molar-refractivity contribution in [2.75, 3.05) is 0 Å². The number of hydrogen-bond acceptors (Lipinski definition) is 10. The fraction of sp³-hybridized carbons (Fsp3) is 0.0909. The van der Waals surface area contributed by atoms with Crippen LogP contribution >= 0.6 is 0 Å². The monoisotopic (exact) mass is 807 g/mol. The number of alkyl halides is 6. The molecule has 0 saturated heterocycles. The molecule has 0 fully saturated rings. The largest absolute Gasteiger partial charge is 2.00 e. The Balaban J connectivity index is 0. The summed E-state index contributed by atoms with van der Waals surface area (Å²) in [5.74, 6) is 0. The van der Waals surface area contributed by atoms with Crippen molar-refractivity contribution in [1.29, 1.82) is 0 Å². The molecule has 0 atom stereocenters. The van der Waals surface area contributed by atoms with Crippen LogP contribution in [0.4, 0.5) is 26.3 Å². The van der Waals surface area contributed by atoms with Crippen molar-refractivity contribution in [3.05, 3.63) is 110 Å². The van der Waals surface area contributed by atoms with Gasteiger partial charge in [0.05, 0.1) is 11.4 Å². The van der Waals surface area contributed by atoms with E-state index in [-0.39, 0.29) is 21.1 Å². The van der Waals surface area contributed by atoms with Crippen LogP contribution < -0.4 is 0 Å². The van der Waals surface area contributed by atoms with Crippen LogP contribution in [0.2, 0.25) is 0 Å². The predicted octanol–water partition coefficient (Wildman–Crippen LogP) is 4.41. The zero-order valence-corrected chi connectivity index (χ0v) is 23.9. The zero-order valence-electron chi connectivity index (χ0n) is 20.0. The molecular weight excluding hydrogens is 789 g/mol. The minimum absolute atomic E-state index is 0. The number of hydrogen-bond donors (Lipinski definition) is 0. The summed E-state index contributed by atoms with van der Waals surface area (Å²) in [6.45, 7) is 0. The van der Waals surface area contributed by atoms with Gasteiger partial charge < -0.3 is 9.11 Å². The van der Waals surface area contributed by atoms with Crippen molar-refractivity contribution in [3.8, 4) is 11.4 Å². The summed E-state index contributed by atoms with van der Waals surface area (Å²) >= 11 is 0. The van der Waals surface area contributed by atoms with Gasteiger partial charge in [-0.1, -0.05) is 24.3 Å². The van der Waals surface area contributed by atoms with E-state index in [0.29, 0.717) is 0 Å². The molecule has 0 spiro atoms. The fourth-order valence-corrected chi connectivity index (χ4v) is 1.65. The number of aromatic nitrogens is 4. The predicted molar refractivity (Wildman–Crippen MR) is 127 cm³/mol. The Morgan fingerprint density at radius 2 is 0.732 bits per heavy atom. The van der Waals surface area contributed by atoms with Crippen LogP contribution in [0.5, 0.6) is 0 Å². The second kappa shape index (κ2) is 19.7. The van der Waals surface area contributed by atoms with E-state index >= 15 is 0 Å². The summed E-state index contributed by atoms with van der Waals surface area (Å²) in [4.78, 5) is 15.9. The van der Waals surface area contributed by atoms with Crippen LogP contribution in [0.1, 0.15) is 0 Å². The second-order valence-corrected chi connectivity index (χ2v) is 9.02. The van der Waals surface area contributed by atoms with Crippen LogP contribution in [0, 0.1) is 0 Å². The second-order valence-electron chi connectivity index (χ2n) is 6.28. The zero-order chi connectivity index (χ0) is 30.7. The molecular formula is C22H18F6N4O6PtS2. The van der Waals surface area contributed by atoms with Crippen molar-refractivity contribution in [2.45, 2.75) is 11.0 Å². The Hall–Kier alpha value is -3.31. The first kappa shape index (κ1) is 39.8.